The summed E-state index contributed by atoms with van der Waals surface area (Å²) in [7, 11) is 0. The van der Waals surface area contributed by atoms with Gasteiger partial charge in [0.15, 0.2) is 5.78 Å². The van der Waals surface area contributed by atoms with Crippen molar-refractivity contribution in [1.29, 1.82) is 0 Å². The van der Waals surface area contributed by atoms with E-state index < -0.39 is 0 Å². The topological polar surface area (TPSA) is 55.1 Å². The average Bonchev–Trinajstić information content (AvgIpc) is 3.21. The molecule has 4 aromatic rings. The van der Waals surface area contributed by atoms with Gasteiger partial charge in [-0.05, 0) is 49.2 Å². The van der Waals surface area contributed by atoms with Gasteiger partial charge in [0.05, 0.1) is 11.3 Å². The van der Waals surface area contributed by atoms with Gasteiger partial charge in [0.1, 0.15) is 0 Å². The summed E-state index contributed by atoms with van der Waals surface area (Å²) in [5.74, 6) is -0.0625. The molecule has 0 amide bonds. The molecule has 0 saturated heterocycles. The maximum Gasteiger partial charge on any atom is 0.155 e. The molecule has 30 heavy (non-hydrogen) atoms. The van der Waals surface area contributed by atoms with Crippen LogP contribution in [0.25, 0.3) is 27.8 Å². The Balaban J connectivity index is 0.000000350. The van der Waals surface area contributed by atoms with Crippen LogP contribution in [0.3, 0.4) is 0 Å². The molecule has 1 radical (unpaired) electrons. The van der Waals surface area contributed by atoms with Gasteiger partial charge in [-0.25, -0.2) is 0 Å². The number of fused-ring (bicyclic) bond motifs is 1. The van der Waals surface area contributed by atoms with E-state index in [4.69, 9.17) is 10.1 Å². The third-order valence-corrected chi connectivity index (χ3v) is 4.22. The Kier molecular flexibility index (Phi) is 8.28. The summed E-state index contributed by atoms with van der Waals surface area (Å²) in [6, 6.07) is 24.0. The van der Waals surface area contributed by atoms with Crippen LogP contribution in [-0.2, 0) is 24.9 Å². The van der Waals surface area contributed by atoms with E-state index in [2.05, 4.69) is 60.0 Å². The van der Waals surface area contributed by atoms with Crippen LogP contribution in [0.5, 0.6) is 0 Å². The van der Waals surface area contributed by atoms with Gasteiger partial charge in [-0.15, -0.1) is 35.4 Å². The number of allylic oxidation sites excluding steroid dienone is 2. The van der Waals surface area contributed by atoms with Crippen LogP contribution >= 0.6 is 0 Å². The zero-order valence-corrected chi connectivity index (χ0v) is 19.5. The summed E-state index contributed by atoms with van der Waals surface area (Å²) in [6.07, 6.45) is 5.25. The van der Waals surface area contributed by atoms with Gasteiger partial charge in [0.2, 0.25) is 0 Å². The first kappa shape index (κ1) is 23.3. The molecule has 0 bridgehead atoms. The number of hydrogen-bond acceptors (Lipinski definition) is 3. The fourth-order valence-electron chi connectivity index (χ4n) is 2.95. The van der Waals surface area contributed by atoms with E-state index in [1.54, 1.807) is 0 Å². The van der Waals surface area contributed by atoms with Crippen molar-refractivity contribution in [3.8, 4) is 16.9 Å². The number of aromatic nitrogens is 2. The number of pyridine rings is 1. The van der Waals surface area contributed by atoms with Crippen LogP contribution in [-0.4, -0.2) is 20.4 Å². The van der Waals surface area contributed by atoms with E-state index in [-0.39, 0.29) is 31.6 Å². The largest absolute Gasteiger partial charge is 0.512 e. The van der Waals surface area contributed by atoms with Crippen LogP contribution in [0, 0.1) is 13.0 Å². The standard InChI is InChI=1S/C20H15N2.C5H8O2.Ir/c1-15-5-4-6-17(13-15)19-10-8-16-7-9-18(14-20(16)21-19)22-11-2-3-12-22;1-4(6)3-5(2)7;/h2-5,7-14H,1H3;3,6H,1-2H3;/q-1;;/b;4-3-;. The van der Waals surface area contributed by atoms with Gasteiger partial charge in [0, 0.05) is 44.3 Å². The van der Waals surface area contributed by atoms with Gasteiger partial charge in [-0.2, -0.15) is 0 Å². The van der Waals surface area contributed by atoms with Crippen molar-refractivity contribution in [2.45, 2.75) is 20.8 Å². The minimum atomic E-state index is -0.125. The number of carbonyl (C=O) groups is 1. The fourth-order valence-corrected chi connectivity index (χ4v) is 2.95. The third-order valence-electron chi connectivity index (χ3n) is 4.22. The van der Waals surface area contributed by atoms with Gasteiger partial charge in [-0.1, -0.05) is 25.1 Å². The molecule has 4 rings (SSSR count). The summed E-state index contributed by atoms with van der Waals surface area (Å²) in [6.45, 7) is 4.93. The van der Waals surface area contributed by atoms with E-state index >= 15 is 0 Å². The monoisotopic (exact) mass is 576 g/mol. The Bertz CT molecular complexity index is 1160. The van der Waals surface area contributed by atoms with Crippen molar-refractivity contribution in [1.82, 2.24) is 9.55 Å². The van der Waals surface area contributed by atoms with Crippen molar-refractivity contribution in [3.05, 3.63) is 96.5 Å². The number of nitrogens with zero attached hydrogens (tertiary/aromatic N) is 2. The first-order chi connectivity index (χ1) is 13.9. The SMILES string of the molecule is CC(=O)/C=C(/C)O.Cc1cc[c-]c(-c2ccc3ccc(-n4cccc4)cc3n2)c1.[Ir]. The number of aliphatic hydroxyl groups is 1. The first-order valence-corrected chi connectivity index (χ1v) is 9.33. The average molecular weight is 576 g/mol. The van der Waals surface area contributed by atoms with E-state index in [1.807, 2.05) is 30.6 Å². The summed E-state index contributed by atoms with van der Waals surface area (Å²) in [4.78, 5) is 14.8. The van der Waals surface area contributed by atoms with Crippen molar-refractivity contribution in [2.24, 2.45) is 0 Å². The summed E-state index contributed by atoms with van der Waals surface area (Å²) >= 11 is 0. The Morgan fingerprint density at radius 3 is 2.37 bits per heavy atom. The molecule has 0 saturated carbocycles. The van der Waals surface area contributed by atoms with Gasteiger partial charge in [-0.3, -0.25) is 9.78 Å². The summed E-state index contributed by atoms with van der Waals surface area (Å²) in [5.41, 5.74) is 5.33. The number of benzene rings is 2. The normalized spacial score (nSPS) is 10.7. The van der Waals surface area contributed by atoms with Crippen molar-refractivity contribution >= 4 is 16.7 Å². The van der Waals surface area contributed by atoms with Gasteiger partial charge < -0.3 is 9.67 Å². The second-order valence-corrected chi connectivity index (χ2v) is 6.84. The van der Waals surface area contributed by atoms with Crippen LogP contribution in [0.15, 0.2) is 84.9 Å². The van der Waals surface area contributed by atoms with E-state index in [0.29, 0.717) is 0 Å². The predicted molar refractivity (Wildman–Crippen MR) is 117 cm³/mol. The quantitative estimate of drug-likeness (QED) is 0.190. The number of ketones is 1. The smallest absolute Gasteiger partial charge is 0.155 e. The molecule has 5 heteroatoms. The molecule has 0 unspecified atom stereocenters. The second-order valence-electron chi connectivity index (χ2n) is 6.84. The Hall–Kier alpha value is -3.01. The molecular formula is C25H23IrN2O2-. The van der Waals surface area contributed by atoms with Gasteiger partial charge >= 0.3 is 0 Å². The minimum absolute atomic E-state index is 0. The molecule has 0 aliphatic carbocycles. The van der Waals surface area contributed by atoms with Crippen molar-refractivity contribution in [2.75, 3.05) is 0 Å². The molecule has 4 nitrogen and oxygen atoms in total. The van der Waals surface area contributed by atoms with E-state index in [0.717, 1.165) is 27.8 Å². The van der Waals surface area contributed by atoms with Crippen LogP contribution in [0.2, 0.25) is 0 Å². The molecule has 0 fully saturated rings. The first-order valence-electron chi connectivity index (χ1n) is 9.33. The van der Waals surface area contributed by atoms with Crippen molar-refractivity contribution < 1.29 is 30.0 Å². The summed E-state index contributed by atoms with van der Waals surface area (Å²) in [5, 5.41) is 9.51. The Labute approximate surface area is 190 Å². The van der Waals surface area contributed by atoms with E-state index in [1.165, 1.54) is 25.5 Å². The molecule has 1 N–H and O–H groups in total. The maximum atomic E-state index is 10.0. The van der Waals surface area contributed by atoms with Crippen LogP contribution in [0.1, 0.15) is 19.4 Å². The Morgan fingerprint density at radius 2 is 1.77 bits per heavy atom. The zero-order valence-electron chi connectivity index (χ0n) is 17.1. The number of carbonyl (C=O) groups excluding carboxylic acids is 1. The third kappa shape index (κ3) is 6.24. The van der Waals surface area contributed by atoms with Crippen LogP contribution < -0.4 is 0 Å². The van der Waals surface area contributed by atoms with Crippen LogP contribution in [0.4, 0.5) is 0 Å². The molecule has 2 aromatic heterocycles. The molecule has 155 valence electrons. The molecule has 2 aromatic carbocycles. The Morgan fingerprint density at radius 1 is 1.07 bits per heavy atom. The molecule has 0 aliphatic rings. The number of aryl methyl sites for hydroxylation is 1. The van der Waals surface area contributed by atoms with Gasteiger partial charge in [0.25, 0.3) is 0 Å². The summed E-state index contributed by atoms with van der Waals surface area (Å²) < 4.78 is 2.09. The molecule has 0 aliphatic heterocycles. The van der Waals surface area contributed by atoms with E-state index in [9.17, 15) is 4.79 Å². The maximum absolute atomic E-state index is 10.0. The number of hydrogen-bond donors (Lipinski definition) is 1. The zero-order chi connectivity index (χ0) is 20.8. The second kappa shape index (κ2) is 10.7. The molecule has 2 heterocycles. The van der Waals surface area contributed by atoms with Crippen molar-refractivity contribution in [3.63, 3.8) is 0 Å². The number of rotatable bonds is 3. The molecular weight excluding hydrogens is 553 g/mol. The predicted octanol–water partition coefficient (Wildman–Crippen LogP) is 5.84. The molecule has 0 spiro atoms. The molecule has 0 atom stereocenters. The fraction of sp³-hybridized carbons (Fsp3) is 0.120. The number of aliphatic hydroxyl groups excluding tert-OH is 1. The minimum Gasteiger partial charge on any atom is -0.512 e.